The molecule has 1 heterocycles. The van der Waals surface area contributed by atoms with Crippen LogP contribution in [0.15, 0.2) is 47.3 Å². The third kappa shape index (κ3) is 1.96. The van der Waals surface area contributed by atoms with Crippen LogP contribution in [0.2, 0.25) is 0 Å². The van der Waals surface area contributed by atoms with E-state index in [1.54, 1.807) is 30.3 Å². The molecule has 0 saturated carbocycles. The highest BCUT2D eigenvalue weighted by Gasteiger charge is 2.11. The maximum atomic E-state index is 14.0. The van der Waals surface area contributed by atoms with Gasteiger partial charge in [0, 0.05) is 0 Å². The van der Waals surface area contributed by atoms with Gasteiger partial charge in [-0.2, -0.15) is 0 Å². The molecule has 0 unspecified atom stereocenters. The van der Waals surface area contributed by atoms with Crippen LogP contribution in [0.4, 0.5) is 4.39 Å². The third-order valence-electron chi connectivity index (χ3n) is 3.15. The van der Waals surface area contributed by atoms with Gasteiger partial charge in [-0.05, 0) is 49.0 Å². The van der Waals surface area contributed by atoms with Crippen LogP contribution in [-0.4, -0.2) is 9.55 Å². The van der Waals surface area contributed by atoms with Gasteiger partial charge in [-0.1, -0.05) is 18.2 Å². The molecule has 1 aromatic heterocycles. The van der Waals surface area contributed by atoms with Crippen molar-refractivity contribution in [2.24, 2.45) is 0 Å². The van der Waals surface area contributed by atoms with Crippen molar-refractivity contribution >= 4 is 23.1 Å². The Bertz CT molecular complexity index is 927. The summed E-state index contributed by atoms with van der Waals surface area (Å²) in [6.07, 6.45) is 0. The summed E-state index contributed by atoms with van der Waals surface area (Å²) in [5, 5.41) is 0.474. The van der Waals surface area contributed by atoms with E-state index >= 15 is 0 Å². The van der Waals surface area contributed by atoms with Gasteiger partial charge in [0.05, 0.1) is 16.6 Å². The molecule has 2 aromatic carbocycles. The second-order valence-corrected chi connectivity index (χ2v) is 4.96. The molecule has 0 saturated heterocycles. The minimum Gasteiger partial charge on any atom is -0.331 e. The van der Waals surface area contributed by atoms with E-state index in [0.29, 0.717) is 10.9 Å². The number of hydrogen-bond acceptors (Lipinski definition) is 2. The fourth-order valence-electron chi connectivity index (χ4n) is 2.18. The van der Waals surface area contributed by atoms with Gasteiger partial charge >= 0.3 is 0 Å². The zero-order valence-electron chi connectivity index (χ0n) is 10.7. The first-order valence-corrected chi connectivity index (χ1v) is 6.49. The molecule has 0 aliphatic heterocycles. The number of aryl methyl sites for hydroxylation is 1. The van der Waals surface area contributed by atoms with Crippen LogP contribution >= 0.6 is 12.2 Å². The molecule has 0 spiro atoms. The highest BCUT2D eigenvalue weighted by atomic mass is 32.1. The zero-order chi connectivity index (χ0) is 14.3. The number of hydrogen-bond donors (Lipinski definition) is 1. The van der Waals surface area contributed by atoms with E-state index in [1.165, 1.54) is 10.6 Å². The second-order valence-electron chi connectivity index (χ2n) is 4.57. The largest absolute Gasteiger partial charge is 0.331 e. The van der Waals surface area contributed by atoms with Crippen LogP contribution < -0.4 is 5.56 Å². The minimum absolute atomic E-state index is 0.169. The molecule has 3 aromatic rings. The first kappa shape index (κ1) is 12.7. The Kier molecular flexibility index (Phi) is 2.99. The van der Waals surface area contributed by atoms with E-state index in [0.717, 1.165) is 5.56 Å². The smallest absolute Gasteiger partial charge is 0.266 e. The molecule has 1 N–H and O–H groups in total. The van der Waals surface area contributed by atoms with E-state index in [9.17, 15) is 9.18 Å². The predicted molar refractivity (Wildman–Crippen MR) is 79.4 cm³/mol. The van der Waals surface area contributed by atoms with Gasteiger partial charge in [0.15, 0.2) is 4.77 Å². The standard InChI is InChI=1S/C15H11FN2OS/c1-9-6-7-11(16)13(8-9)18-14(19)10-4-2-3-5-12(10)17-15(18)20/h2-8H,1H3,(H,17,20). The fourth-order valence-corrected chi connectivity index (χ4v) is 2.47. The number of halogens is 1. The van der Waals surface area contributed by atoms with Crippen molar-refractivity contribution in [3.8, 4) is 5.69 Å². The van der Waals surface area contributed by atoms with E-state index in [1.807, 2.05) is 13.0 Å². The monoisotopic (exact) mass is 286 g/mol. The molecule has 100 valence electrons. The minimum atomic E-state index is -0.479. The van der Waals surface area contributed by atoms with Crippen molar-refractivity contribution in [3.63, 3.8) is 0 Å². The van der Waals surface area contributed by atoms with Crippen molar-refractivity contribution < 1.29 is 4.39 Å². The number of H-pyrrole nitrogens is 1. The summed E-state index contributed by atoms with van der Waals surface area (Å²) in [5.41, 5.74) is 1.35. The lowest BCUT2D eigenvalue weighted by atomic mass is 10.2. The lowest BCUT2D eigenvalue weighted by Crippen LogP contribution is -2.21. The van der Waals surface area contributed by atoms with Gasteiger partial charge in [0.25, 0.3) is 5.56 Å². The van der Waals surface area contributed by atoms with Gasteiger partial charge in [0.1, 0.15) is 5.82 Å². The Labute approximate surface area is 119 Å². The molecule has 0 aliphatic carbocycles. The highest BCUT2D eigenvalue weighted by Crippen LogP contribution is 2.15. The quantitative estimate of drug-likeness (QED) is 0.695. The van der Waals surface area contributed by atoms with Crippen LogP contribution in [0.1, 0.15) is 5.56 Å². The summed E-state index contributed by atoms with van der Waals surface area (Å²) in [4.78, 5) is 15.5. The predicted octanol–water partition coefficient (Wildman–Crippen LogP) is 3.50. The Morgan fingerprint density at radius 3 is 2.75 bits per heavy atom. The summed E-state index contributed by atoms with van der Waals surface area (Å²) >= 11 is 5.19. The first-order valence-electron chi connectivity index (χ1n) is 6.08. The molecule has 0 amide bonds. The average molecular weight is 286 g/mol. The normalized spacial score (nSPS) is 10.9. The van der Waals surface area contributed by atoms with Crippen LogP contribution in [-0.2, 0) is 0 Å². The number of aromatic nitrogens is 2. The van der Waals surface area contributed by atoms with E-state index in [2.05, 4.69) is 4.98 Å². The van der Waals surface area contributed by atoms with Crippen LogP contribution in [0, 0.1) is 17.5 Å². The molecular weight excluding hydrogens is 275 g/mol. The molecule has 0 radical (unpaired) electrons. The summed E-state index contributed by atoms with van der Waals surface area (Å²) in [6, 6.07) is 11.6. The van der Waals surface area contributed by atoms with Gasteiger partial charge in [-0.15, -0.1) is 0 Å². The molecule has 20 heavy (non-hydrogen) atoms. The van der Waals surface area contributed by atoms with Crippen molar-refractivity contribution in [2.75, 3.05) is 0 Å². The first-order chi connectivity index (χ1) is 9.58. The van der Waals surface area contributed by atoms with Gasteiger partial charge in [-0.25, -0.2) is 8.96 Å². The van der Waals surface area contributed by atoms with Crippen molar-refractivity contribution in [1.82, 2.24) is 9.55 Å². The lowest BCUT2D eigenvalue weighted by Gasteiger charge is -2.09. The Balaban J connectivity index is 2.46. The third-order valence-corrected chi connectivity index (χ3v) is 3.43. The SMILES string of the molecule is Cc1ccc(F)c(-n2c(=S)[nH]c3ccccc3c2=O)c1. The Morgan fingerprint density at radius 2 is 1.95 bits per heavy atom. The van der Waals surface area contributed by atoms with Crippen LogP contribution in [0.25, 0.3) is 16.6 Å². The van der Waals surface area contributed by atoms with Gasteiger partial charge in [-0.3, -0.25) is 4.79 Å². The average Bonchev–Trinajstić information content (AvgIpc) is 2.42. The van der Waals surface area contributed by atoms with Gasteiger partial charge in [0.2, 0.25) is 0 Å². The maximum Gasteiger partial charge on any atom is 0.266 e. The topological polar surface area (TPSA) is 37.8 Å². The van der Waals surface area contributed by atoms with Crippen LogP contribution in [0.3, 0.4) is 0 Å². The summed E-state index contributed by atoms with van der Waals surface area (Å²) in [5.74, 6) is -0.479. The van der Waals surface area contributed by atoms with Crippen molar-refractivity contribution in [1.29, 1.82) is 0 Å². The second kappa shape index (κ2) is 4.68. The number of nitrogens with zero attached hydrogens (tertiary/aromatic N) is 1. The number of para-hydroxylation sites is 1. The lowest BCUT2D eigenvalue weighted by molar-refractivity contribution is 0.614. The highest BCUT2D eigenvalue weighted by molar-refractivity contribution is 7.71. The van der Waals surface area contributed by atoms with Crippen LogP contribution in [0.5, 0.6) is 0 Å². The van der Waals surface area contributed by atoms with Crippen molar-refractivity contribution in [2.45, 2.75) is 6.92 Å². The van der Waals surface area contributed by atoms with Gasteiger partial charge < -0.3 is 4.98 Å². The fraction of sp³-hybridized carbons (Fsp3) is 0.0667. The molecule has 3 rings (SSSR count). The number of aromatic amines is 1. The van der Waals surface area contributed by atoms with Crippen molar-refractivity contribution in [3.05, 3.63) is 69.0 Å². The molecular formula is C15H11FN2OS. The van der Waals surface area contributed by atoms with E-state index in [4.69, 9.17) is 12.2 Å². The van der Waals surface area contributed by atoms with E-state index in [-0.39, 0.29) is 16.0 Å². The summed E-state index contributed by atoms with van der Waals surface area (Å²) in [6.45, 7) is 1.84. The summed E-state index contributed by atoms with van der Waals surface area (Å²) in [7, 11) is 0. The summed E-state index contributed by atoms with van der Waals surface area (Å²) < 4.78 is 15.4. The number of fused-ring (bicyclic) bond motifs is 1. The number of nitrogens with one attached hydrogen (secondary N) is 1. The van der Waals surface area contributed by atoms with E-state index < -0.39 is 5.82 Å². The molecule has 0 atom stereocenters. The maximum absolute atomic E-state index is 14.0. The number of rotatable bonds is 1. The molecule has 0 aliphatic rings. The Hall–Kier alpha value is -2.27. The molecule has 3 nitrogen and oxygen atoms in total. The molecule has 0 fully saturated rings. The molecule has 0 bridgehead atoms. The zero-order valence-corrected chi connectivity index (χ0v) is 11.5. The number of benzene rings is 2. The Morgan fingerprint density at radius 1 is 1.20 bits per heavy atom. The molecule has 5 heteroatoms.